The molecule has 0 saturated carbocycles. The highest BCUT2D eigenvalue weighted by atomic mass is 79.9. The maximum absolute atomic E-state index is 6.00. The molecule has 0 aliphatic heterocycles. The molecule has 0 amide bonds. The molecule has 13 heavy (non-hydrogen) atoms. The minimum Gasteiger partial charge on any atom is -0.457 e. The van der Waals surface area contributed by atoms with Crippen molar-refractivity contribution < 1.29 is 4.42 Å². The van der Waals surface area contributed by atoms with Gasteiger partial charge in [0.15, 0.2) is 4.67 Å². The summed E-state index contributed by atoms with van der Waals surface area (Å²) in [5, 5.41) is 0. The lowest BCUT2D eigenvalue weighted by atomic mass is 10.0. The smallest absolute Gasteiger partial charge is 0.173 e. The van der Waals surface area contributed by atoms with Gasteiger partial charge < -0.3 is 10.2 Å². The Balaban J connectivity index is 2.49. The van der Waals surface area contributed by atoms with Crippen LogP contribution in [-0.4, -0.2) is 0 Å². The maximum atomic E-state index is 6.00. The van der Waals surface area contributed by atoms with Gasteiger partial charge in [0.2, 0.25) is 0 Å². The van der Waals surface area contributed by atoms with Crippen LogP contribution in [0.5, 0.6) is 0 Å². The van der Waals surface area contributed by atoms with Crippen LogP contribution in [0, 0.1) is 5.92 Å². The summed E-state index contributed by atoms with van der Waals surface area (Å²) in [6, 6.07) is 2.02. The molecule has 0 aliphatic carbocycles. The molecular weight excluding hydrogens is 230 g/mol. The van der Waals surface area contributed by atoms with Crippen LogP contribution in [0.1, 0.15) is 38.3 Å². The minimum atomic E-state index is 0.0931. The highest BCUT2D eigenvalue weighted by Gasteiger charge is 2.12. The zero-order valence-electron chi connectivity index (χ0n) is 8.09. The zero-order valence-corrected chi connectivity index (χ0v) is 9.67. The number of nitrogens with two attached hydrogens (primary N) is 1. The van der Waals surface area contributed by atoms with E-state index in [0.29, 0.717) is 5.92 Å². The molecule has 2 N–H and O–H groups in total. The van der Waals surface area contributed by atoms with Crippen molar-refractivity contribution in [3.05, 3.63) is 22.6 Å². The Bertz CT molecular complexity index is 257. The molecule has 1 aromatic heterocycles. The van der Waals surface area contributed by atoms with Crippen molar-refractivity contribution in [3.63, 3.8) is 0 Å². The SMILES string of the molecule is CC(C)CCC(N)c1ccoc1Br. The van der Waals surface area contributed by atoms with E-state index in [-0.39, 0.29) is 6.04 Å². The molecule has 0 saturated heterocycles. The molecule has 1 rings (SSSR count). The first-order chi connectivity index (χ1) is 6.11. The van der Waals surface area contributed by atoms with Crippen LogP contribution in [0.25, 0.3) is 0 Å². The van der Waals surface area contributed by atoms with Gasteiger partial charge in [0.1, 0.15) is 0 Å². The Kier molecular flexibility index (Phi) is 4.00. The molecule has 2 nitrogen and oxygen atoms in total. The minimum absolute atomic E-state index is 0.0931. The Hall–Kier alpha value is -0.280. The third-order valence-corrected chi connectivity index (χ3v) is 2.75. The molecule has 0 bridgehead atoms. The second kappa shape index (κ2) is 4.82. The fourth-order valence-electron chi connectivity index (χ4n) is 1.24. The second-order valence-corrected chi connectivity index (χ2v) is 4.45. The molecule has 0 aromatic carbocycles. The highest BCUT2D eigenvalue weighted by Crippen LogP contribution is 2.26. The van der Waals surface area contributed by atoms with E-state index in [9.17, 15) is 0 Å². The Morgan fingerprint density at radius 1 is 1.46 bits per heavy atom. The van der Waals surface area contributed by atoms with Crippen LogP contribution >= 0.6 is 15.9 Å². The van der Waals surface area contributed by atoms with Crippen LogP contribution in [0.2, 0.25) is 0 Å². The summed E-state index contributed by atoms with van der Waals surface area (Å²) in [4.78, 5) is 0. The summed E-state index contributed by atoms with van der Waals surface area (Å²) < 4.78 is 5.90. The van der Waals surface area contributed by atoms with E-state index >= 15 is 0 Å². The highest BCUT2D eigenvalue weighted by molar-refractivity contribution is 9.10. The summed E-state index contributed by atoms with van der Waals surface area (Å²) in [7, 11) is 0. The zero-order chi connectivity index (χ0) is 9.84. The Morgan fingerprint density at radius 2 is 2.15 bits per heavy atom. The first kappa shape index (κ1) is 10.8. The number of halogens is 1. The lowest BCUT2D eigenvalue weighted by Crippen LogP contribution is -2.10. The summed E-state index contributed by atoms with van der Waals surface area (Å²) in [6.45, 7) is 4.41. The van der Waals surface area contributed by atoms with Crippen molar-refractivity contribution in [2.75, 3.05) is 0 Å². The molecule has 0 radical (unpaired) electrons. The van der Waals surface area contributed by atoms with Crippen LogP contribution < -0.4 is 5.73 Å². The molecule has 1 heterocycles. The Labute approximate surface area is 87.6 Å². The lowest BCUT2D eigenvalue weighted by Gasteiger charge is -2.11. The van der Waals surface area contributed by atoms with Crippen molar-refractivity contribution in [1.29, 1.82) is 0 Å². The predicted octanol–water partition coefficient (Wildman–Crippen LogP) is 3.48. The average Bonchev–Trinajstić information content (AvgIpc) is 2.47. The number of rotatable bonds is 4. The second-order valence-electron chi connectivity index (χ2n) is 3.73. The van der Waals surface area contributed by atoms with Gasteiger partial charge in [0.05, 0.1) is 6.26 Å². The van der Waals surface area contributed by atoms with E-state index in [1.807, 2.05) is 6.07 Å². The average molecular weight is 246 g/mol. The van der Waals surface area contributed by atoms with Crippen LogP contribution in [0.3, 0.4) is 0 Å². The fraction of sp³-hybridized carbons (Fsp3) is 0.600. The number of hydrogen-bond donors (Lipinski definition) is 1. The summed E-state index contributed by atoms with van der Waals surface area (Å²) >= 11 is 3.33. The van der Waals surface area contributed by atoms with Crippen molar-refractivity contribution in [3.8, 4) is 0 Å². The van der Waals surface area contributed by atoms with Gasteiger partial charge in [0.25, 0.3) is 0 Å². The lowest BCUT2D eigenvalue weighted by molar-refractivity contribution is 0.492. The number of furan rings is 1. The van der Waals surface area contributed by atoms with Gasteiger partial charge in [-0.05, 0) is 40.8 Å². The van der Waals surface area contributed by atoms with Crippen molar-refractivity contribution in [1.82, 2.24) is 0 Å². The van der Waals surface area contributed by atoms with Crippen LogP contribution in [0.15, 0.2) is 21.4 Å². The molecule has 0 fully saturated rings. The van der Waals surface area contributed by atoms with E-state index < -0.39 is 0 Å². The van der Waals surface area contributed by atoms with E-state index in [1.54, 1.807) is 6.26 Å². The standard InChI is InChI=1S/C10H16BrNO/c1-7(2)3-4-9(12)8-5-6-13-10(8)11/h5-7,9H,3-4,12H2,1-2H3. The fourth-order valence-corrected chi connectivity index (χ4v) is 1.77. The molecule has 74 valence electrons. The largest absolute Gasteiger partial charge is 0.457 e. The third kappa shape index (κ3) is 3.16. The molecule has 0 spiro atoms. The van der Waals surface area contributed by atoms with Crippen molar-refractivity contribution in [2.45, 2.75) is 32.7 Å². The van der Waals surface area contributed by atoms with Gasteiger partial charge in [-0.25, -0.2) is 0 Å². The van der Waals surface area contributed by atoms with Gasteiger partial charge in [-0.2, -0.15) is 0 Å². The summed E-state index contributed by atoms with van der Waals surface area (Å²) in [5.74, 6) is 0.705. The van der Waals surface area contributed by atoms with Crippen LogP contribution in [-0.2, 0) is 0 Å². The summed E-state index contributed by atoms with van der Waals surface area (Å²) in [5.41, 5.74) is 7.07. The Morgan fingerprint density at radius 3 is 2.62 bits per heavy atom. The van der Waals surface area contributed by atoms with Gasteiger partial charge in [-0.3, -0.25) is 0 Å². The third-order valence-electron chi connectivity index (χ3n) is 2.10. The first-order valence-electron chi connectivity index (χ1n) is 4.59. The summed E-state index contributed by atoms with van der Waals surface area (Å²) in [6.07, 6.45) is 3.82. The van der Waals surface area contributed by atoms with Crippen molar-refractivity contribution in [2.24, 2.45) is 11.7 Å². The van der Waals surface area contributed by atoms with E-state index in [0.717, 1.165) is 23.1 Å². The maximum Gasteiger partial charge on any atom is 0.173 e. The first-order valence-corrected chi connectivity index (χ1v) is 5.39. The molecule has 1 atom stereocenters. The molecular formula is C10H16BrNO. The van der Waals surface area contributed by atoms with E-state index in [4.69, 9.17) is 10.2 Å². The van der Waals surface area contributed by atoms with Gasteiger partial charge in [0, 0.05) is 11.6 Å². The van der Waals surface area contributed by atoms with Gasteiger partial charge in [-0.1, -0.05) is 13.8 Å². The molecule has 0 aliphatic rings. The molecule has 3 heteroatoms. The van der Waals surface area contributed by atoms with Crippen LogP contribution in [0.4, 0.5) is 0 Å². The normalized spacial score (nSPS) is 13.6. The molecule has 1 unspecified atom stereocenters. The topological polar surface area (TPSA) is 39.2 Å². The van der Waals surface area contributed by atoms with Gasteiger partial charge in [-0.15, -0.1) is 0 Å². The quantitative estimate of drug-likeness (QED) is 0.883. The van der Waals surface area contributed by atoms with Crippen molar-refractivity contribution >= 4 is 15.9 Å². The number of hydrogen-bond acceptors (Lipinski definition) is 2. The molecule has 1 aromatic rings. The van der Waals surface area contributed by atoms with E-state index in [2.05, 4.69) is 29.8 Å². The monoisotopic (exact) mass is 245 g/mol. The van der Waals surface area contributed by atoms with E-state index in [1.165, 1.54) is 0 Å². The van der Waals surface area contributed by atoms with Gasteiger partial charge >= 0.3 is 0 Å². The predicted molar refractivity (Wildman–Crippen MR) is 57.4 cm³/mol.